The topological polar surface area (TPSA) is 66.2 Å². The molecule has 0 atom stereocenters. The molecule has 0 N–H and O–H groups in total. The molecule has 24 heavy (non-hydrogen) atoms. The number of nitrogens with zero attached hydrogens (tertiary/aromatic N) is 3. The maximum atomic E-state index is 11.9. The lowest BCUT2D eigenvalue weighted by Gasteiger charge is -2.08. The Bertz CT molecular complexity index is 898. The van der Waals surface area contributed by atoms with Crippen molar-refractivity contribution in [1.29, 1.82) is 0 Å². The van der Waals surface area contributed by atoms with Crippen LogP contribution in [-0.2, 0) is 11.3 Å². The number of carbonyl (C=O) groups excluding carboxylic acids is 1. The number of methoxy groups -OCH3 is 1. The largest absolute Gasteiger partial charge is 0.497 e. The summed E-state index contributed by atoms with van der Waals surface area (Å²) in [6.45, 7) is 6.53. The fourth-order valence-electron chi connectivity index (χ4n) is 2.56. The Morgan fingerprint density at radius 3 is 2.79 bits per heavy atom. The van der Waals surface area contributed by atoms with Crippen molar-refractivity contribution in [3.05, 3.63) is 40.2 Å². The van der Waals surface area contributed by atoms with Crippen LogP contribution < -0.4 is 4.74 Å². The van der Waals surface area contributed by atoms with Crippen molar-refractivity contribution in [2.75, 3.05) is 13.7 Å². The smallest absolute Gasteiger partial charge is 0.358 e. The van der Waals surface area contributed by atoms with Crippen LogP contribution in [0.1, 0.15) is 33.7 Å². The van der Waals surface area contributed by atoms with Crippen molar-refractivity contribution in [3.63, 3.8) is 0 Å². The number of aryl methyl sites for hydroxylation is 2. The molecule has 0 unspecified atom stereocenters. The summed E-state index contributed by atoms with van der Waals surface area (Å²) in [7, 11) is 1.65. The highest BCUT2D eigenvalue weighted by Gasteiger charge is 2.15. The average molecular weight is 345 g/mol. The number of rotatable bonds is 5. The second-order valence-electron chi connectivity index (χ2n) is 5.42. The van der Waals surface area contributed by atoms with Crippen molar-refractivity contribution in [3.8, 4) is 5.75 Å². The van der Waals surface area contributed by atoms with Gasteiger partial charge in [0.2, 0.25) is 0 Å². The quantitative estimate of drug-likeness (QED) is 0.664. The van der Waals surface area contributed by atoms with E-state index in [0.717, 1.165) is 32.2 Å². The van der Waals surface area contributed by atoms with E-state index in [2.05, 4.69) is 10.1 Å². The Hall–Kier alpha value is -2.41. The van der Waals surface area contributed by atoms with Crippen LogP contribution in [0.5, 0.6) is 5.75 Å². The standard InChI is InChI=1S/C17H19N3O3S/c1-5-23-17(21)14-6-10(2)20(19-14)9-12-7-13(22-4)8-15-16(12)18-11(3)24-15/h6-8H,5,9H2,1-4H3. The molecule has 0 spiro atoms. The van der Waals surface area contributed by atoms with Crippen LogP contribution in [0.4, 0.5) is 0 Å². The van der Waals surface area contributed by atoms with Gasteiger partial charge < -0.3 is 9.47 Å². The zero-order valence-corrected chi connectivity index (χ0v) is 14.9. The molecule has 0 fully saturated rings. The molecule has 0 saturated heterocycles. The second kappa shape index (κ2) is 6.60. The number of carbonyl (C=O) groups is 1. The number of ether oxygens (including phenoxy) is 2. The first kappa shape index (κ1) is 16.4. The summed E-state index contributed by atoms with van der Waals surface area (Å²) in [4.78, 5) is 16.5. The molecule has 0 aliphatic rings. The molecule has 2 aromatic heterocycles. The molecule has 0 saturated carbocycles. The molecule has 0 amide bonds. The van der Waals surface area contributed by atoms with Crippen LogP contribution >= 0.6 is 11.3 Å². The first-order valence-electron chi connectivity index (χ1n) is 7.67. The summed E-state index contributed by atoms with van der Waals surface area (Å²) in [5.74, 6) is 0.385. The fraction of sp³-hybridized carbons (Fsp3) is 0.353. The molecule has 3 aromatic rings. The summed E-state index contributed by atoms with van der Waals surface area (Å²) in [5, 5.41) is 5.37. The van der Waals surface area contributed by atoms with Gasteiger partial charge in [-0.15, -0.1) is 11.3 Å². The molecule has 0 bridgehead atoms. The van der Waals surface area contributed by atoms with E-state index in [1.54, 1.807) is 36.1 Å². The van der Waals surface area contributed by atoms with Crippen molar-refractivity contribution in [2.24, 2.45) is 0 Å². The summed E-state index contributed by atoms with van der Waals surface area (Å²) < 4.78 is 13.3. The molecule has 1 aromatic carbocycles. The average Bonchev–Trinajstić information content (AvgIpc) is 3.10. The van der Waals surface area contributed by atoms with Crippen molar-refractivity contribution in [1.82, 2.24) is 14.8 Å². The Labute approximate surface area is 144 Å². The number of benzene rings is 1. The van der Waals surface area contributed by atoms with E-state index in [0.29, 0.717) is 18.8 Å². The molecule has 3 rings (SSSR count). The third-order valence-corrected chi connectivity index (χ3v) is 4.59. The molecular weight excluding hydrogens is 326 g/mol. The molecule has 2 heterocycles. The third kappa shape index (κ3) is 3.12. The van der Waals surface area contributed by atoms with Gasteiger partial charge in [0.1, 0.15) is 5.75 Å². The van der Waals surface area contributed by atoms with Crippen molar-refractivity contribution >= 4 is 27.5 Å². The van der Waals surface area contributed by atoms with Gasteiger partial charge in [-0.05, 0) is 39.0 Å². The van der Waals surface area contributed by atoms with E-state index >= 15 is 0 Å². The highest BCUT2D eigenvalue weighted by Crippen LogP contribution is 2.30. The number of thiazole rings is 1. The zero-order chi connectivity index (χ0) is 17.3. The van der Waals surface area contributed by atoms with Gasteiger partial charge in [-0.25, -0.2) is 9.78 Å². The number of aromatic nitrogens is 3. The summed E-state index contributed by atoms with van der Waals surface area (Å²) in [6.07, 6.45) is 0. The van der Waals surface area contributed by atoms with Crippen molar-refractivity contribution in [2.45, 2.75) is 27.3 Å². The number of esters is 1. The van der Waals surface area contributed by atoms with Gasteiger partial charge in [-0.3, -0.25) is 4.68 Å². The second-order valence-corrected chi connectivity index (χ2v) is 6.65. The van der Waals surface area contributed by atoms with E-state index in [1.807, 2.05) is 26.0 Å². The third-order valence-electron chi connectivity index (χ3n) is 3.68. The summed E-state index contributed by atoms with van der Waals surface area (Å²) in [5.41, 5.74) is 3.17. The predicted octanol–water partition coefficient (Wildman–Crippen LogP) is 3.34. The SMILES string of the molecule is CCOC(=O)c1cc(C)n(Cc2cc(OC)cc3sc(C)nc23)n1. The van der Waals surface area contributed by atoms with Gasteiger partial charge in [0.05, 0.1) is 35.5 Å². The van der Waals surface area contributed by atoms with Crippen LogP contribution in [0.25, 0.3) is 10.2 Å². The molecule has 7 heteroatoms. The Balaban J connectivity index is 1.99. The number of hydrogen-bond donors (Lipinski definition) is 0. The van der Waals surface area contributed by atoms with E-state index in [1.165, 1.54) is 0 Å². The Morgan fingerprint density at radius 2 is 2.08 bits per heavy atom. The van der Waals surface area contributed by atoms with Gasteiger partial charge in [0.25, 0.3) is 0 Å². The Morgan fingerprint density at radius 1 is 1.29 bits per heavy atom. The minimum absolute atomic E-state index is 0.322. The first-order chi connectivity index (χ1) is 11.5. The maximum absolute atomic E-state index is 11.9. The van der Waals surface area contributed by atoms with Gasteiger partial charge in [0, 0.05) is 11.3 Å². The van der Waals surface area contributed by atoms with Gasteiger partial charge in [-0.1, -0.05) is 0 Å². The van der Waals surface area contributed by atoms with E-state index < -0.39 is 5.97 Å². The van der Waals surface area contributed by atoms with Gasteiger partial charge >= 0.3 is 5.97 Å². The van der Waals surface area contributed by atoms with E-state index in [4.69, 9.17) is 9.47 Å². The molecule has 126 valence electrons. The lowest BCUT2D eigenvalue weighted by molar-refractivity contribution is 0.0518. The van der Waals surface area contributed by atoms with Crippen LogP contribution in [0.3, 0.4) is 0 Å². The first-order valence-corrected chi connectivity index (χ1v) is 8.49. The molecule has 0 aliphatic carbocycles. The molecular formula is C17H19N3O3S. The minimum Gasteiger partial charge on any atom is -0.497 e. The lowest BCUT2D eigenvalue weighted by Crippen LogP contribution is -2.09. The van der Waals surface area contributed by atoms with Crippen LogP contribution in [0.2, 0.25) is 0 Å². The molecule has 6 nitrogen and oxygen atoms in total. The number of hydrogen-bond acceptors (Lipinski definition) is 6. The van der Waals surface area contributed by atoms with Crippen LogP contribution in [0, 0.1) is 13.8 Å². The highest BCUT2D eigenvalue weighted by molar-refractivity contribution is 7.18. The number of fused-ring (bicyclic) bond motifs is 1. The minimum atomic E-state index is -0.403. The zero-order valence-electron chi connectivity index (χ0n) is 14.1. The maximum Gasteiger partial charge on any atom is 0.358 e. The van der Waals surface area contributed by atoms with Gasteiger partial charge in [0.15, 0.2) is 5.69 Å². The van der Waals surface area contributed by atoms with Crippen LogP contribution in [0.15, 0.2) is 18.2 Å². The predicted molar refractivity (Wildman–Crippen MR) is 92.9 cm³/mol. The Kier molecular flexibility index (Phi) is 4.53. The van der Waals surface area contributed by atoms with Crippen LogP contribution in [-0.4, -0.2) is 34.5 Å². The monoisotopic (exact) mass is 345 g/mol. The molecule has 0 radical (unpaired) electrons. The normalized spacial score (nSPS) is 11.0. The fourth-order valence-corrected chi connectivity index (χ4v) is 3.46. The van der Waals surface area contributed by atoms with E-state index in [-0.39, 0.29) is 0 Å². The summed E-state index contributed by atoms with van der Waals surface area (Å²) in [6, 6.07) is 5.69. The van der Waals surface area contributed by atoms with E-state index in [9.17, 15) is 4.79 Å². The lowest BCUT2D eigenvalue weighted by atomic mass is 10.2. The summed E-state index contributed by atoms with van der Waals surface area (Å²) >= 11 is 1.63. The molecule has 0 aliphatic heterocycles. The van der Waals surface area contributed by atoms with Gasteiger partial charge in [-0.2, -0.15) is 5.10 Å². The highest BCUT2D eigenvalue weighted by atomic mass is 32.1. The van der Waals surface area contributed by atoms with Crippen molar-refractivity contribution < 1.29 is 14.3 Å².